The molecule has 0 saturated carbocycles. The largest absolute Gasteiger partial charge is 0.493 e. The Morgan fingerprint density at radius 2 is 2.05 bits per heavy atom. The summed E-state index contributed by atoms with van der Waals surface area (Å²) >= 11 is 0. The van der Waals surface area contributed by atoms with E-state index in [1.54, 1.807) is 7.11 Å². The number of aliphatic carboxylic acids is 1. The highest BCUT2D eigenvalue weighted by Crippen LogP contribution is 2.31. The van der Waals surface area contributed by atoms with Gasteiger partial charge in [-0.05, 0) is 36.1 Å². The number of benzene rings is 1. The fourth-order valence-corrected chi connectivity index (χ4v) is 1.74. The summed E-state index contributed by atoms with van der Waals surface area (Å²) in [4.78, 5) is 10.8. The van der Waals surface area contributed by atoms with E-state index >= 15 is 0 Å². The molecule has 0 fully saturated rings. The molecule has 1 N–H and O–H groups in total. The lowest BCUT2D eigenvalue weighted by Gasteiger charge is -2.12. The van der Waals surface area contributed by atoms with Crippen LogP contribution in [0, 0.1) is 0 Å². The maximum absolute atomic E-state index is 10.8. The third-order valence-electron chi connectivity index (χ3n) is 2.67. The summed E-state index contributed by atoms with van der Waals surface area (Å²) in [7, 11) is 1.57. The van der Waals surface area contributed by atoms with Crippen molar-refractivity contribution in [2.45, 2.75) is 26.7 Å². The van der Waals surface area contributed by atoms with Gasteiger partial charge in [-0.1, -0.05) is 19.9 Å². The maximum Gasteiger partial charge on any atom is 0.328 e. The molecule has 0 spiro atoms. The molecule has 0 amide bonds. The van der Waals surface area contributed by atoms with Crippen molar-refractivity contribution < 1.29 is 19.4 Å². The summed E-state index contributed by atoms with van der Waals surface area (Å²) in [5.41, 5.74) is 1.60. The monoisotopic (exact) mass is 264 g/mol. The second-order valence-electron chi connectivity index (χ2n) is 4.08. The minimum Gasteiger partial charge on any atom is -0.493 e. The molecule has 0 aliphatic rings. The average molecular weight is 264 g/mol. The number of carboxylic acids is 1. The third-order valence-corrected chi connectivity index (χ3v) is 2.67. The molecule has 104 valence electrons. The van der Waals surface area contributed by atoms with Gasteiger partial charge >= 0.3 is 5.97 Å². The Labute approximate surface area is 113 Å². The van der Waals surface area contributed by atoms with E-state index in [9.17, 15) is 4.79 Å². The zero-order valence-electron chi connectivity index (χ0n) is 11.6. The van der Waals surface area contributed by atoms with Crippen LogP contribution >= 0.6 is 0 Å². The van der Waals surface area contributed by atoms with E-state index in [-0.39, 0.29) is 0 Å². The molecular weight excluding hydrogens is 244 g/mol. The summed E-state index contributed by atoms with van der Waals surface area (Å²) in [6.07, 6.45) is 2.79. The fourth-order valence-electron chi connectivity index (χ4n) is 1.74. The number of carboxylic acid groups (broad SMARTS) is 1. The van der Waals surface area contributed by atoms with Crippen LogP contribution in [0.3, 0.4) is 0 Å². The molecule has 0 heterocycles. The third kappa shape index (κ3) is 4.32. The van der Waals surface area contributed by atoms with Crippen LogP contribution in [-0.4, -0.2) is 24.8 Å². The summed E-state index contributed by atoms with van der Waals surface area (Å²) in [6.45, 7) is 4.58. The first kappa shape index (κ1) is 15.1. The van der Waals surface area contributed by atoms with Crippen LogP contribution in [0.1, 0.15) is 32.3 Å². The molecule has 0 radical (unpaired) electrons. The Bertz CT molecular complexity index is 463. The number of ether oxygens (including phenoxy) is 2. The second kappa shape index (κ2) is 7.46. The normalized spacial score (nSPS) is 11.2. The van der Waals surface area contributed by atoms with Gasteiger partial charge in [0.2, 0.25) is 0 Å². The molecule has 0 aliphatic heterocycles. The van der Waals surface area contributed by atoms with Crippen molar-refractivity contribution in [3.63, 3.8) is 0 Å². The van der Waals surface area contributed by atoms with E-state index in [2.05, 4.69) is 0 Å². The van der Waals surface area contributed by atoms with E-state index in [1.807, 2.05) is 32.0 Å². The number of methoxy groups -OCH3 is 1. The predicted molar refractivity (Wildman–Crippen MR) is 74.7 cm³/mol. The molecule has 0 saturated heterocycles. The van der Waals surface area contributed by atoms with E-state index in [1.165, 1.54) is 6.08 Å². The number of hydrogen-bond acceptors (Lipinski definition) is 3. The van der Waals surface area contributed by atoms with Gasteiger partial charge in [0.1, 0.15) is 0 Å². The molecule has 0 bridgehead atoms. The van der Waals surface area contributed by atoms with Gasteiger partial charge in [0, 0.05) is 6.08 Å². The quantitative estimate of drug-likeness (QED) is 0.767. The van der Waals surface area contributed by atoms with E-state index < -0.39 is 5.97 Å². The Morgan fingerprint density at radius 1 is 1.32 bits per heavy atom. The molecular formula is C15H20O4. The molecule has 1 rings (SSSR count). The minimum absolute atomic E-state index is 0.621. The highest BCUT2D eigenvalue weighted by atomic mass is 16.5. The highest BCUT2D eigenvalue weighted by Gasteiger charge is 2.08. The highest BCUT2D eigenvalue weighted by molar-refractivity contribution is 5.90. The molecule has 4 heteroatoms. The van der Waals surface area contributed by atoms with Crippen molar-refractivity contribution in [3.05, 3.63) is 29.8 Å². The topological polar surface area (TPSA) is 55.8 Å². The first-order chi connectivity index (χ1) is 9.12. The first-order valence-corrected chi connectivity index (χ1v) is 6.37. The maximum atomic E-state index is 10.8. The number of hydrogen-bond donors (Lipinski definition) is 1. The van der Waals surface area contributed by atoms with Gasteiger partial charge in [0.05, 0.1) is 13.7 Å². The predicted octanol–water partition coefficient (Wildman–Crippen LogP) is 3.36. The van der Waals surface area contributed by atoms with Crippen LogP contribution in [0.2, 0.25) is 0 Å². The van der Waals surface area contributed by atoms with Crippen molar-refractivity contribution in [2.24, 2.45) is 0 Å². The standard InChI is InChI=1S/C15H20O4/c1-4-8-19-13-7-6-12(9-14(13)18-3)11(5-2)10-15(16)17/h6-7,9-10H,4-5,8H2,1-3H3,(H,16,17)/b11-10+. The van der Waals surface area contributed by atoms with Gasteiger partial charge < -0.3 is 14.6 Å². The van der Waals surface area contributed by atoms with Gasteiger partial charge in [-0.2, -0.15) is 0 Å². The molecule has 0 atom stereocenters. The van der Waals surface area contributed by atoms with Gasteiger partial charge in [-0.25, -0.2) is 4.79 Å². The zero-order chi connectivity index (χ0) is 14.3. The molecule has 19 heavy (non-hydrogen) atoms. The van der Waals surface area contributed by atoms with Crippen LogP contribution < -0.4 is 9.47 Å². The van der Waals surface area contributed by atoms with Gasteiger partial charge in [0.15, 0.2) is 11.5 Å². The van der Waals surface area contributed by atoms with Gasteiger partial charge in [-0.15, -0.1) is 0 Å². The Morgan fingerprint density at radius 3 is 2.58 bits per heavy atom. The molecule has 1 aromatic rings. The summed E-state index contributed by atoms with van der Waals surface area (Å²) in [6, 6.07) is 5.48. The molecule has 0 aromatic heterocycles. The molecule has 4 nitrogen and oxygen atoms in total. The minimum atomic E-state index is -0.942. The lowest BCUT2D eigenvalue weighted by atomic mass is 10.0. The van der Waals surface area contributed by atoms with Gasteiger partial charge in [0.25, 0.3) is 0 Å². The molecule has 1 aromatic carbocycles. The first-order valence-electron chi connectivity index (χ1n) is 6.37. The Hall–Kier alpha value is -1.97. The summed E-state index contributed by atoms with van der Waals surface area (Å²) < 4.78 is 10.8. The van der Waals surface area contributed by atoms with Crippen molar-refractivity contribution >= 4 is 11.5 Å². The van der Waals surface area contributed by atoms with E-state index in [0.29, 0.717) is 24.5 Å². The number of carbonyl (C=O) groups is 1. The van der Waals surface area contributed by atoms with Crippen LogP contribution in [0.15, 0.2) is 24.3 Å². The van der Waals surface area contributed by atoms with Crippen molar-refractivity contribution in [2.75, 3.05) is 13.7 Å². The Kier molecular flexibility index (Phi) is 5.93. The Balaban J connectivity index is 3.07. The lowest BCUT2D eigenvalue weighted by Crippen LogP contribution is -1.99. The number of rotatable bonds is 7. The number of allylic oxidation sites excluding steroid dienone is 1. The van der Waals surface area contributed by atoms with Crippen LogP contribution in [0.4, 0.5) is 0 Å². The fraction of sp³-hybridized carbons (Fsp3) is 0.400. The lowest BCUT2D eigenvalue weighted by molar-refractivity contribution is -0.131. The second-order valence-corrected chi connectivity index (χ2v) is 4.08. The summed E-state index contributed by atoms with van der Waals surface area (Å²) in [5.74, 6) is 0.358. The smallest absolute Gasteiger partial charge is 0.328 e. The van der Waals surface area contributed by atoms with Gasteiger partial charge in [-0.3, -0.25) is 0 Å². The van der Waals surface area contributed by atoms with Crippen molar-refractivity contribution in [1.29, 1.82) is 0 Å². The average Bonchev–Trinajstić information content (AvgIpc) is 2.42. The van der Waals surface area contributed by atoms with Crippen LogP contribution in [0.25, 0.3) is 5.57 Å². The molecule has 0 unspecified atom stereocenters. The van der Waals surface area contributed by atoms with Crippen LogP contribution in [-0.2, 0) is 4.79 Å². The SMILES string of the molecule is CCCOc1ccc(/C(=C/C(=O)O)CC)cc1OC. The van der Waals surface area contributed by atoms with Crippen LogP contribution in [0.5, 0.6) is 11.5 Å². The van der Waals surface area contributed by atoms with Crippen molar-refractivity contribution in [3.8, 4) is 11.5 Å². The van der Waals surface area contributed by atoms with E-state index in [4.69, 9.17) is 14.6 Å². The summed E-state index contributed by atoms with van der Waals surface area (Å²) in [5, 5.41) is 8.84. The van der Waals surface area contributed by atoms with E-state index in [0.717, 1.165) is 17.6 Å². The zero-order valence-corrected chi connectivity index (χ0v) is 11.6. The van der Waals surface area contributed by atoms with Crippen molar-refractivity contribution in [1.82, 2.24) is 0 Å². The molecule has 0 aliphatic carbocycles.